The molecule has 0 aliphatic carbocycles. The highest BCUT2D eigenvalue weighted by atomic mass is 79.9. The molecule has 0 bridgehead atoms. The van der Waals surface area contributed by atoms with Crippen LogP contribution in [-0.4, -0.2) is 19.1 Å². The molecule has 0 aliphatic rings. The number of benzene rings is 3. The van der Waals surface area contributed by atoms with E-state index in [9.17, 15) is 4.79 Å². The van der Waals surface area contributed by atoms with Crippen molar-refractivity contribution in [2.24, 2.45) is 5.92 Å². The molecule has 3 rings (SSSR count). The van der Waals surface area contributed by atoms with E-state index in [4.69, 9.17) is 9.47 Å². The molecule has 3 aromatic rings. The lowest BCUT2D eigenvalue weighted by Gasteiger charge is -2.13. The largest absolute Gasteiger partial charge is 0.494 e. The predicted molar refractivity (Wildman–Crippen MR) is 134 cm³/mol. The number of halogens is 1. The lowest BCUT2D eigenvalue weighted by Crippen LogP contribution is -2.14. The fourth-order valence-corrected chi connectivity index (χ4v) is 3.52. The van der Waals surface area contributed by atoms with Crippen molar-refractivity contribution >= 4 is 27.5 Å². The first-order chi connectivity index (χ1) is 15.5. The molecule has 3 aromatic carbocycles. The summed E-state index contributed by atoms with van der Waals surface area (Å²) in [5.74, 6) is 1.71. The zero-order chi connectivity index (χ0) is 22.8. The molecule has 1 N–H and O–H groups in total. The molecule has 0 heterocycles. The Bertz CT molecular complexity index is 988. The molecule has 0 saturated heterocycles. The Labute approximate surface area is 199 Å². The third-order valence-corrected chi connectivity index (χ3v) is 5.47. The summed E-state index contributed by atoms with van der Waals surface area (Å²) >= 11 is 3.44. The van der Waals surface area contributed by atoms with Crippen LogP contribution in [-0.2, 0) is 6.42 Å². The Hall–Kier alpha value is -2.79. The molecule has 4 nitrogen and oxygen atoms in total. The van der Waals surface area contributed by atoms with Gasteiger partial charge in [0.2, 0.25) is 0 Å². The molecule has 0 fully saturated rings. The predicted octanol–water partition coefficient (Wildman–Crippen LogP) is 7.14. The second kappa shape index (κ2) is 12.3. The SMILES string of the molecule is CC(C)CCOc1ccc(Br)cc1C(=O)Nc1ccc(OCCCc2ccccc2)cc1. The molecule has 0 atom stereocenters. The molecule has 32 heavy (non-hydrogen) atoms. The number of carbonyl (C=O) groups excluding carboxylic acids is 1. The highest BCUT2D eigenvalue weighted by Crippen LogP contribution is 2.25. The minimum absolute atomic E-state index is 0.206. The molecule has 0 saturated carbocycles. The van der Waals surface area contributed by atoms with E-state index in [1.54, 1.807) is 6.07 Å². The van der Waals surface area contributed by atoms with E-state index >= 15 is 0 Å². The van der Waals surface area contributed by atoms with Gasteiger partial charge in [-0.25, -0.2) is 0 Å². The third kappa shape index (κ3) is 7.72. The summed E-state index contributed by atoms with van der Waals surface area (Å²) in [6.07, 6.45) is 2.87. The molecule has 1 amide bonds. The van der Waals surface area contributed by atoms with E-state index < -0.39 is 0 Å². The van der Waals surface area contributed by atoms with Gasteiger partial charge in [-0.15, -0.1) is 0 Å². The molecule has 5 heteroatoms. The van der Waals surface area contributed by atoms with Crippen molar-refractivity contribution < 1.29 is 14.3 Å². The van der Waals surface area contributed by atoms with Crippen LogP contribution in [0.3, 0.4) is 0 Å². The number of carbonyl (C=O) groups is 1. The highest BCUT2D eigenvalue weighted by Gasteiger charge is 2.14. The number of anilines is 1. The maximum atomic E-state index is 12.9. The highest BCUT2D eigenvalue weighted by molar-refractivity contribution is 9.10. The Balaban J connectivity index is 1.52. The van der Waals surface area contributed by atoms with Crippen molar-refractivity contribution in [1.29, 1.82) is 0 Å². The van der Waals surface area contributed by atoms with Gasteiger partial charge in [-0.05, 0) is 73.2 Å². The molecular weight excluding hydrogens is 466 g/mol. The van der Waals surface area contributed by atoms with Crippen LogP contribution >= 0.6 is 15.9 Å². The van der Waals surface area contributed by atoms with Gasteiger partial charge >= 0.3 is 0 Å². The van der Waals surface area contributed by atoms with Crippen molar-refractivity contribution in [1.82, 2.24) is 0 Å². The van der Waals surface area contributed by atoms with Gasteiger partial charge in [-0.2, -0.15) is 0 Å². The van der Waals surface area contributed by atoms with Gasteiger partial charge in [0.1, 0.15) is 11.5 Å². The first-order valence-electron chi connectivity index (χ1n) is 11.0. The van der Waals surface area contributed by atoms with E-state index in [0.717, 1.165) is 29.5 Å². The summed E-state index contributed by atoms with van der Waals surface area (Å²) in [4.78, 5) is 12.9. The minimum atomic E-state index is -0.206. The molecule has 0 aromatic heterocycles. The van der Waals surface area contributed by atoms with Gasteiger partial charge in [0.25, 0.3) is 5.91 Å². The van der Waals surface area contributed by atoms with Gasteiger partial charge in [0.05, 0.1) is 18.8 Å². The van der Waals surface area contributed by atoms with Crippen LogP contribution in [0.4, 0.5) is 5.69 Å². The van der Waals surface area contributed by atoms with Crippen molar-refractivity contribution in [2.75, 3.05) is 18.5 Å². The van der Waals surface area contributed by atoms with Crippen LogP contribution in [0.5, 0.6) is 11.5 Å². The lowest BCUT2D eigenvalue weighted by atomic mass is 10.1. The van der Waals surface area contributed by atoms with E-state index in [1.807, 2.05) is 42.5 Å². The number of nitrogens with one attached hydrogen (secondary N) is 1. The Morgan fingerprint density at radius 1 is 0.938 bits per heavy atom. The summed E-state index contributed by atoms with van der Waals surface area (Å²) in [6, 6.07) is 23.3. The summed E-state index contributed by atoms with van der Waals surface area (Å²) in [5, 5.41) is 2.95. The topological polar surface area (TPSA) is 47.6 Å². The Morgan fingerprint density at radius 3 is 2.41 bits per heavy atom. The van der Waals surface area contributed by atoms with Crippen LogP contribution < -0.4 is 14.8 Å². The van der Waals surface area contributed by atoms with Crippen molar-refractivity contribution in [2.45, 2.75) is 33.1 Å². The van der Waals surface area contributed by atoms with E-state index in [1.165, 1.54) is 5.56 Å². The van der Waals surface area contributed by atoms with Gasteiger partial charge in [0.15, 0.2) is 0 Å². The second-order valence-electron chi connectivity index (χ2n) is 8.09. The van der Waals surface area contributed by atoms with Crippen molar-refractivity contribution in [3.63, 3.8) is 0 Å². The minimum Gasteiger partial charge on any atom is -0.494 e. The van der Waals surface area contributed by atoms with Gasteiger partial charge in [0, 0.05) is 10.2 Å². The number of hydrogen-bond acceptors (Lipinski definition) is 3. The fraction of sp³-hybridized carbons (Fsp3) is 0.296. The van der Waals surface area contributed by atoms with Crippen molar-refractivity contribution in [3.8, 4) is 11.5 Å². The quantitative estimate of drug-likeness (QED) is 0.287. The van der Waals surface area contributed by atoms with E-state index in [-0.39, 0.29) is 5.91 Å². The van der Waals surface area contributed by atoms with E-state index in [0.29, 0.717) is 36.1 Å². The average Bonchev–Trinajstić information content (AvgIpc) is 2.79. The molecular formula is C27H30BrNO3. The monoisotopic (exact) mass is 495 g/mol. The smallest absolute Gasteiger partial charge is 0.259 e. The molecule has 0 radical (unpaired) electrons. The Kier molecular flexibility index (Phi) is 9.17. The first-order valence-corrected chi connectivity index (χ1v) is 11.8. The van der Waals surface area contributed by atoms with E-state index in [2.05, 4.69) is 59.4 Å². The summed E-state index contributed by atoms with van der Waals surface area (Å²) in [5.41, 5.74) is 2.53. The molecule has 0 aliphatic heterocycles. The van der Waals surface area contributed by atoms with Gasteiger partial charge in [-0.1, -0.05) is 60.1 Å². The molecule has 0 spiro atoms. The van der Waals surface area contributed by atoms with Crippen LogP contribution in [0.25, 0.3) is 0 Å². The van der Waals surface area contributed by atoms with Crippen LogP contribution in [0, 0.1) is 5.92 Å². The van der Waals surface area contributed by atoms with Crippen LogP contribution in [0.15, 0.2) is 77.3 Å². The number of ether oxygens (including phenoxy) is 2. The standard InChI is InChI=1S/C27H30BrNO3/c1-20(2)16-18-32-26-15-10-22(28)19-25(26)27(30)29-23-11-13-24(14-12-23)31-17-6-9-21-7-4-3-5-8-21/h3-5,7-8,10-15,19-20H,6,9,16-18H2,1-2H3,(H,29,30). The van der Waals surface area contributed by atoms with Crippen LogP contribution in [0.2, 0.25) is 0 Å². The molecule has 0 unspecified atom stereocenters. The normalized spacial score (nSPS) is 10.8. The summed E-state index contributed by atoms with van der Waals surface area (Å²) in [7, 11) is 0. The fourth-order valence-electron chi connectivity index (χ4n) is 3.15. The third-order valence-electron chi connectivity index (χ3n) is 4.97. The number of aryl methyl sites for hydroxylation is 1. The first kappa shape index (κ1) is 23.9. The number of rotatable bonds is 11. The Morgan fingerprint density at radius 2 is 1.69 bits per heavy atom. The second-order valence-corrected chi connectivity index (χ2v) is 9.00. The van der Waals surface area contributed by atoms with Gasteiger partial charge in [-0.3, -0.25) is 4.79 Å². The maximum Gasteiger partial charge on any atom is 0.259 e. The number of amides is 1. The van der Waals surface area contributed by atoms with Crippen LogP contribution in [0.1, 0.15) is 42.6 Å². The number of hydrogen-bond donors (Lipinski definition) is 1. The molecule has 168 valence electrons. The van der Waals surface area contributed by atoms with Crippen molar-refractivity contribution in [3.05, 3.63) is 88.4 Å². The zero-order valence-corrected chi connectivity index (χ0v) is 20.2. The maximum absolute atomic E-state index is 12.9. The zero-order valence-electron chi connectivity index (χ0n) is 18.6. The summed E-state index contributed by atoms with van der Waals surface area (Å²) < 4.78 is 12.5. The summed E-state index contributed by atoms with van der Waals surface area (Å²) in [6.45, 7) is 5.52. The van der Waals surface area contributed by atoms with Gasteiger partial charge < -0.3 is 14.8 Å². The average molecular weight is 496 g/mol. The lowest BCUT2D eigenvalue weighted by molar-refractivity contribution is 0.102.